The highest BCUT2D eigenvalue weighted by Gasteiger charge is 2.35. The molecule has 2 rings (SSSR count). The molecule has 0 aromatic carbocycles. The number of aliphatic imine (C=N–C) groups is 1. The van der Waals surface area contributed by atoms with Gasteiger partial charge in [-0.25, -0.2) is 4.98 Å². The van der Waals surface area contributed by atoms with E-state index in [1.807, 2.05) is 13.8 Å². The molecule has 0 radical (unpaired) electrons. The van der Waals surface area contributed by atoms with E-state index < -0.39 is 5.54 Å². The second-order valence-electron chi connectivity index (χ2n) is 8.17. The summed E-state index contributed by atoms with van der Waals surface area (Å²) in [5.41, 5.74) is 6.10. The van der Waals surface area contributed by atoms with Crippen molar-refractivity contribution in [2.75, 3.05) is 33.2 Å². The van der Waals surface area contributed by atoms with Crippen molar-refractivity contribution in [2.24, 2.45) is 10.7 Å². The Morgan fingerprint density at radius 1 is 1.27 bits per heavy atom. The predicted molar refractivity (Wildman–Crippen MR) is 107 cm³/mol. The summed E-state index contributed by atoms with van der Waals surface area (Å²) < 4.78 is 0. The summed E-state index contributed by atoms with van der Waals surface area (Å²) in [6.07, 6.45) is 0. The smallest absolute Gasteiger partial charge is 0.237 e. The standard InChI is InChI=1S/C18H32N6OS/c1-17(2,3)13-12-26-14(22-13)11-21-16(20-6)23-7-9-24(10-8-23)18(4,5)15(19)25/h12H,7-11H2,1-6H3,(H2,19,25)(H,20,21). The molecule has 0 unspecified atom stereocenters. The minimum absolute atomic E-state index is 0.0694. The van der Waals surface area contributed by atoms with Crippen LogP contribution in [-0.4, -0.2) is 65.4 Å². The van der Waals surface area contributed by atoms with Crippen LogP contribution >= 0.6 is 11.3 Å². The SMILES string of the molecule is CN=C(NCc1nc(C(C)(C)C)cs1)N1CCN(C(C)(C)C(N)=O)CC1. The number of primary amides is 1. The molecule has 1 fully saturated rings. The van der Waals surface area contributed by atoms with Crippen molar-refractivity contribution in [3.63, 3.8) is 0 Å². The fourth-order valence-electron chi connectivity index (χ4n) is 2.86. The van der Waals surface area contributed by atoms with Crippen molar-refractivity contribution in [3.8, 4) is 0 Å². The maximum absolute atomic E-state index is 11.6. The molecule has 1 aliphatic rings. The second-order valence-corrected chi connectivity index (χ2v) is 9.12. The molecule has 3 N–H and O–H groups in total. The lowest BCUT2D eigenvalue weighted by molar-refractivity contribution is -0.129. The molecule has 7 nitrogen and oxygen atoms in total. The summed E-state index contributed by atoms with van der Waals surface area (Å²) in [4.78, 5) is 25.1. The van der Waals surface area contributed by atoms with Crippen LogP contribution in [0.15, 0.2) is 10.4 Å². The highest BCUT2D eigenvalue weighted by atomic mass is 32.1. The number of carbonyl (C=O) groups excluding carboxylic acids is 1. The number of hydrogen-bond donors (Lipinski definition) is 2. The van der Waals surface area contributed by atoms with Gasteiger partial charge in [-0.15, -0.1) is 11.3 Å². The van der Waals surface area contributed by atoms with Crippen LogP contribution in [0.4, 0.5) is 0 Å². The van der Waals surface area contributed by atoms with E-state index in [4.69, 9.17) is 10.7 Å². The molecule has 0 saturated carbocycles. The van der Waals surface area contributed by atoms with E-state index in [9.17, 15) is 4.79 Å². The van der Waals surface area contributed by atoms with Gasteiger partial charge in [-0.05, 0) is 13.8 Å². The summed E-state index contributed by atoms with van der Waals surface area (Å²) >= 11 is 1.68. The van der Waals surface area contributed by atoms with Crippen molar-refractivity contribution in [2.45, 2.75) is 52.1 Å². The Bertz CT molecular complexity index is 653. The zero-order valence-electron chi connectivity index (χ0n) is 16.8. The number of amides is 1. The third-order valence-corrected chi connectivity index (χ3v) is 5.75. The molecule has 1 aromatic rings. The third kappa shape index (κ3) is 4.73. The number of thiazole rings is 1. The fraction of sp³-hybridized carbons (Fsp3) is 0.722. The number of nitrogens with zero attached hydrogens (tertiary/aromatic N) is 4. The first-order valence-corrected chi connectivity index (χ1v) is 9.89. The topological polar surface area (TPSA) is 86.8 Å². The van der Waals surface area contributed by atoms with Crippen LogP contribution in [0.25, 0.3) is 0 Å². The van der Waals surface area contributed by atoms with Gasteiger partial charge in [0.1, 0.15) is 5.01 Å². The highest BCUT2D eigenvalue weighted by Crippen LogP contribution is 2.23. The quantitative estimate of drug-likeness (QED) is 0.609. The fourth-order valence-corrected chi connectivity index (χ4v) is 3.82. The average Bonchev–Trinajstić information content (AvgIpc) is 3.05. The van der Waals surface area contributed by atoms with Crippen LogP contribution < -0.4 is 11.1 Å². The second kappa shape index (κ2) is 7.92. The number of hydrogen-bond acceptors (Lipinski definition) is 5. The van der Waals surface area contributed by atoms with Gasteiger partial charge in [-0.2, -0.15) is 0 Å². The summed E-state index contributed by atoms with van der Waals surface area (Å²) in [5, 5.41) is 6.60. The lowest BCUT2D eigenvalue weighted by Gasteiger charge is -2.43. The molecule has 0 atom stereocenters. The summed E-state index contributed by atoms with van der Waals surface area (Å²) in [6, 6.07) is 0. The van der Waals surface area contributed by atoms with Crippen LogP contribution in [0.3, 0.4) is 0 Å². The molecule has 1 saturated heterocycles. The van der Waals surface area contributed by atoms with E-state index in [0.717, 1.165) is 42.8 Å². The third-order valence-electron chi connectivity index (χ3n) is 4.90. The molecular weight excluding hydrogens is 348 g/mol. The van der Waals surface area contributed by atoms with Gasteiger partial charge >= 0.3 is 0 Å². The van der Waals surface area contributed by atoms with E-state index in [-0.39, 0.29) is 11.3 Å². The molecule has 8 heteroatoms. The molecule has 26 heavy (non-hydrogen) atoms. The van der Waals surface area contributed by atoms with Gasteiger partial charge in [-0.1, -0.05) is 20.8 Å². The Hall–Kier alpha value is -1.67. The molecule has 1 aromatic heterocycles. The normalized spacial score (nSPS) is 17.5. The summed E-state index contributed by atoms with van der Waals surface area (Å²) in [7, 11) is 1.80. The van der Waals surface area contributed by atoms with Gasteiger partial charge in [0.05, 0.1) is 17.8 Å². The van der Waals surface area contributed by atoms with Gasteiger partial charge in [-0.3, -0.25) is 14.7 Å². The van der Waals surface area contributed by atoms with Gasteiger partial charge in [0.15, 0.2) is 5.96 Å². The van der Waals surface area contributed by atoms with E-state index >= 15 is 0 Å². The number of nitrogens with two attached hydrogens (primary N) is 1. The predicted octanol–water partition coefficient (Wildman–Crippen LogP) is 1.40. The van der Waals surface area contributed by atoms with Crippen LogP contribution in [-0.2, 0) is 16.8 Å². The number of aromatic nitrogens is 1. The van der Waals surface area contributed by atoms with Crippen molar-refractivity contribution in [1.29, 1.82) is 0 Å². The zero-order valence-corrected chi connectivity index (χ0v) is 17.6. The molecule has 1 aliphatic heterocycles. The molecule has 0 spiro atoms. The van der Waals surface area contributed by atoms with E-state index in [0.29, 0.717) is 6.54 Å². The Labute approximate surface area is 160 Å². The largest absolute Gasteiger partial charge is 0.368 e. The number of piperazine rings is 1. The summed E-state index contributed by atoms with van der Waals surface area (Å²) in [6.45, 7) is 14.1. The number of rotatable bonds is 4. The first kappa shape index (κ1) is 20.6. The molecule has 146 valence electrons. The monoisotopic (exact) mass is 380 g/mol. The van der Waals surface area contributed by atoms with Gasteiger partial charge in [0.25, 0.3) is 0 Å². The Kier molecular flexibility index (Phi) is 6.29. The average molecular weight is 381 g/mol. The molecule has 1 amide bonds. The first-order valence-electron chi connectivity index (χ1n) is 9.01. The molecule has 0 aliphatic carbocycles. The number of carbonyl (C=O) groups is 1. The van der Waals surface area contributed by atoms with Crippen molar-refractivity contribution in [1.82, 2.24) is 20.1 Å². The Morgan fingerprint density at radius 3 is 2.35 bits per heavy atom. The molecular formula is C18H32N6OS. The lowest BCUT2D eigenvalue weighted by atomic mass is 9.93. The van der Waals surface area contributed by atoms with Gasteiger partial charge in [0, 0.05) is 44.0 Å². The van der Waals surface area contributed by atoms with Crippen molar-refractivity contribution >= 4 is 23.2 Å². The van der Waals surface area contributed by atoms with Gasteiger partial charge < -0.3 is 16.0 Å². The van der Waals surface area contributed by atoms with Crippen molar-refractivity contribution < 1.29 is 4.79 Å². The van der Waals surface area contributed by atoms with Gasteiger partial charge in [0.2, 0.25) is 5.91 Å². The summed E-state index contributed by atoms with van der Waals surface area (Å²) in [5.74, 6) is 0.584. The van der Waals surface area contributed by atoms with Crippen LogP contribution in [0, 0.1) is 0 Å². The van der Waals surface area contributed by atoms with E-state index in [2.05, 4.69) is 46.3 Å². The Balaban J connectivity index is 1.91. The lowest BCUT2D eigenvalue weighted by Crippen LogP contribution is -2.61. The van der Waals surface area contributed by atoms with E-state index in [1.54, 1.807) is 18.4 Å². The highest BCUT2D eigenvalue weighted by molar-refractivity contribution is 7.09. The molecule has 2 heterocycles. The Morgan fingerprint density at radius 2 is 1.88 bits per heavy atom. The number of nitrogens with one attached hydrogen (secondary N) is 1. The maximum atomic E-state index is 11.6. The maximum Gasteiger partial charge on any atom is 0.237 e. The van der Waals surface area contributed by atoms with Crippen LogP contribution in [0.5, 0.6) is 0 Å². The van der Waals surface area contributed by atoms with E-state index in [1.165, 1.54) is 0 Å². The zero-order chi connectivity index (χ0) is 19.5. The minimum atomic E-state index is -0.618. The minimum Gasteiger partial charge on any atom is -0.368 e. The first-order chi connectivity index (χ1) is 12.1. The number of guanidine groups is 1. The van der Waals surface area contributed by atoms with Crippen LogP contribution in [0.2, 0.25) is 0 Å². The molecule has 0 bridgehead atoms. The van der Waals surface area contributed by atoms with Crippen LogP contribution in [0.1, 0.15) is 45.3 Å². The van der Waals surface area contributed by atoms with Crippen molar-refractivity contribution in [3.05, 3.63) is 16.1 Å².